The largest absolute Gasteiger partial charge is 0.493 e. The molecule has 3 rings (SSSR count). The Kier molecular flexibility index (Phi) is 7.27. The van der Waals surface area contributed by atoms with Crippen LogP contribution in [0.2, 0.25) is 0 Å². The Balaban J connectivity index is 1.93. The second-order valence-electron chi connectivity index (χ2n) is 7.93. The number of carbonyl (C=O) groups is 3. The first kappa shape index (κ1) is 23.4. The lowest BCUT2D eigenvalue weighted by Gasteiger charge is -2.31. The summed E-state index contributed by atoms with van der Waals surface area (Å²) in [4.78, 5) is 43.8. The van der Waals surface area contributed by atoms with Crippen LogP contribution in [0.25, 0.3) is 0 Å². The van der Waals surface area contributed by atoms with Gasteiger partial charge < -0.3 is 24.6 Å². The van der Waals surface area contributed by atoms with Gasteiger partial charge in [-0.25, -0.2) is 4.79 Å². The summed E-state index contributed by atoms with van der Waals surface area (Å²) in [5.41, 5.74) is 1.67. The van der Waals surface area contributed by atoms with Crippen LogP contribution in [-0.4, -0.2) is 80.0 Å². The summed E-state index contributed by atoms with van der Waals surface area (Å²) < 4.78 is 10.9. The molecule has 0 fully saturated rings. The van der Waals surface area contributed by atoms with Crippen LogP contribution in [0.1, 0.15) is 38.3 Å². The third-order valence-corrected chi connectivity index (χ3v) is 5.85. The normalized spacial score (nSPS) is 18.0. The predicted molar refractivity (Wildman–Crippen MR) is 119 cm³/mol. The average Bonchev–Trinajstić information content (AvgIpc) is 3.11. The van der Waals surface area contributed by atoms with Crippen molar-refractivity contribution >= 4 is 17.8 Å². The van der Waals surface area contributed by atoms with E-state index in [9.17, 15) is 14.4 Å². The molecule has 1 atom stereocenters. The van der Waals surface area contributed by atoms with E-state index in [1.807, 2.05) is 13.8 Å². The van der Waals surface area contributed by atoms with Crippen molar-refractivity contribution in [3.05, 3.63) is 35.0 Å². The monoisotopic (exact) mass is 444 g/mol. The molecule has 0 spiro atoms. The van der Waals surface area contributed by atoms with Gasteiger partial charge in [-0.05, 0) is 18.9 Å². The molecule has 174 valence electrons. The Morgan fingerprint density at radius 3 is 2.44 bits per heavy atom. The second kappa shape index (κ2) is 9.93. The number of carbonyl (C=O) groups excluding carboxylic acids is 3. The van der Waals surface area contributed by atoms with E-state index in [-0.39, 0.29) is 30.9 Å². The van der Waals surface area contributed by atoms with Crippen molar-refractivity contribution in [3.8, 4) is 11.5 Å². The number of likely N-dealkylation sites (N-methyl/N-ethyl adjacent to an activating group) is 1. The fraction of sp³-hybridized carbons (Fsp3) is 0.522. The van der Waals surface area contributed by atoms with Gasteiger partial charge in [0.1, 0.15) is 6.54 Å². The van der Waals surface area contributed by atoms with Gasteiger partial charge in [0.2, 0.25) is 5.91 Å². The third kappa shape index (κ3) is 4.24. The zero-order valence-corrected chi connectivity index (χ0v) is 19.4. The number of hydrogen-bond acceptors (Lipinski definition) is 5. The Hall–Kier alpha value is -3.23. The van der Waals surface area contributed by atoms with Crippen molar-refractivity contribution < 1.29 is 23.9 Å². The van der Waals surface area contributed by atoms with E-state index in [0.29, 0.717) is 41.4 Å². The fourth-order valence-electron chi connectivity index (χ4n) is 4.29. The van der Waals surface area contributed by atoms with Gasteiger partial charge in [0.25, 0.3) is 5.91 Å². The maximum absolute atomic E-state index is 13.5. The molecule has 0 saturated heterocycles. The van der Waals surface area contributed by atoms with E-state index < -0.39 is 6.04 Å². The number of nitrogens with one attached hydrogen (secondary N) is 1. The number of rotatable bonds is 9. The molecule has 1 aromatic carbocycles. The molecule has 1 unspecified atom stereocenters. The number of methoxy groups -OCH3 is 2. The highest BCUT2D eigenvalue weighted by Gasteiger charge is 2.44. The van der Waals surface area contributed by atoms with Crippen LogP contribution in [0.4, 0.5) is 4.79 Å². The van der Waals surface area contributed by atoms with Crippen LogP contribution in [0.5, 0.6) is 11.5 Å². The molecule has 0 radical (unpaired) electrons. The Morgan fingerprint density at radius 1 is 1.16 bits per heavy atom. The average molecular weight is 445 g/mol. The lowest BCUT2D eigenvalue weighted by Crippen LogP contribution is -2.45. The van der Waals surface area contributed by atoms with Gasteiger partial charge in [-0.3, -0.25) is 14.5 Å². The van der Waals surface area contributed by atoms with E-state index in [0.717, 1.165) is 12.8 Å². The number of urea groups is 1. The number of para-hydroxylation sites is 1. The highest BCUT2D eigenvalue weighted by molar-refractivity contribution is 6.03. The predicted octanol–water partition coefficient (Wildman–Crippen LogP) is 2.14. The fourth-order valence-corrected chi connectivity index (χ4v) is 4.29. The summed E-state index contributed by atoms with van der Waals surface area (Å²) in [5, 5.41) is 2.90. The van der Waals surface area contributed by atoms with E-state index in [4.69, 9.17) is 9.47 Å². The molecule has 1 aromatic rings. The third-order valence-electron chi connectivity index (χ3n) is 5.85. The quantitative estimate of drug-likeness (QED) is 0.630. The first-order valence-corrected chi connectivity index (χ1v) is 10.9. The van der Waals surface area contributed by atoms with Crippen LogP contribution >= 0.6 is 0 Å². The second-order valence-corrected chi connectivity index (χ2v) is 7.93. The van der Waals surface area contributed by atoms with Gasteiger partial charge in [0, 0.05) is 25.7 Å². The molecule has 0 bridgehead atoms. The lowest BCUT2D eigenvalue weighted by atomic mass is 9.94. The van der Waals surface area contributed by atoms with Crippen molar-refractivity contribution in [2.45, 2.75) is 32.7 Å². The summed E-state index contributed by atoms with van der Waals surface area (Å²) in [6.07, 6.45) is 1.71. The van der Waals surface area contributed by atoms with Gasteiger partial charge in [-0.1, -0.05) is 26.0 Å². The molecule has 0 aliphatic carbocycles. The van der Waals surface area contributed by atoms with Gasteiger partial charge in [-0.2, -0.15) is 0 Å². The zero-order valence-electron chi connectivity index (χ0n) is 19.4. The van der Waals surface area contributed by atoms with Crippen LogP contribution in [0.15, 0.2) is 29.5 Å². The van der Waals surface area contributed by atoms with Gasteiger partial charge in [0.15, 0.2) is 11.5 Å². The van der Waals surface area contributed by atoms with Crippen LogP contribution in [0.3, 0.4) is 0 Å². The minimum absolute atomic E-state index is 0.0180. The van der Waals surface area contributed by atoms with E-state index >= 15 is 0 Å². The smallest absolute Gasteiger partial charge is 0.322 e. The molecular formula is C23H32N4O5. The van der Waals surface area contributed by atoms with E-state index in [1.165, 1.54) is 24.0 Å². The van der Waals surface area contributed by atoms with Crippen LogP contribution in [0, 0.1) is 0 Å². The standard InChI is InChI=1S/C23H32N4O5/c1-6-11-26(12-7-2)18(28)14-27-13-16-19(22(27)29)20(24-23(30)25(16)3)15-9-8-10-17(31-4)21(15)32-5/h8-10,20H,6-7,11-14H2,1-5H3,(H,24,30). The molecule has 1 N–H and O–H groups in total. The van der Waals surface area contributed by atoms with Crippen molar-refractivity contribution in [1.82, 2.24) is 20.0 Å². The minimum Gasteiger partial charge on any atom is -0.493 e. The summed E-state index contributed by atoms with van der Waals surface area (Å²) in [6.45, 7) is 5.55. The molecule has 2 aliphatic heterocycles. The maximum atomic E-state index is 13.5. The maximum Gasteiger partial charge on any atom is 0.322 e. The van der Waals surface area contributed by atoms with Gasteiger partial charge >= 0.3 is 6.03 Å². The molecule has 0 saturated carbocycles. The highest BCUT2D eigenvalue weighted by atomic mass is 16.5. The van der Waals surface area contributed by atoms with Crippen molar-refractivity contribution in [3.63, 3.8) is 0 Å². The number of ether oxygens (including phenoxy) is 2. The van der Waals surface area contributed by atoms with Crippen molar-refractivity contribution in [1.29, 1.82) is 0 Å². The SMILES string of the molecule is CCCN(CCC)C(=O)CN1CC2=C(C1=O)C(c1cccc(OC)c1OC)NC(=O)N2C. The van der Waals surface area contributed by atoms with Crippen molar-refractivity contribution in [2.24, 2.45) is 0 Å². The summed E-state index contributed by atoms with van der Waals surface area (Å²) in [7, 11) is 4.68. The topological polar surface area (TPSA) is 91.4 Å². The first-order valence-electron chi connectivity index (χ1n) is 10.9. The number of amides is 4. The molecule has 9 heteroatoms. The van der Waals surface area contributed by atoms with E-state index in [2.05, 4.69) is 5.32 Å². The van der Waals surface area contributed by atoms with E-state index in [1.54, 1.807) is 30.1 Å². The Bertz CT molecular complexity index is 923. The molecule has 32 heavy (non-hydrogen) atoms. The minimum atomic E-state index is -0.700. The molecular weight excluding hydrogens is 412 g/mol. The zero-order chi connectivity index (χ0) is 23.4. The molecule has 2 heterocycles. The number of nitrogens with zero attached hydrogens (tertiary/aromatic N) is 3. The lowest BCUT2D eigenvalue weighted by molar-refractivity contribution is -0.137. The highest BCUT2D eigenvalue weighted by Crippen LogP contribution is 2.42. The number of hydrogen-bond donors (Lipinski definition) is 1. The van der Waals surface area contributed by atoms with Gasteiger partial charge in [0.05, 0.1) is 38.1 Å². The Labute approximate surface area is 188 Å². The van der Waals surface area contributed by atoms with Crippen molar-refractivity contribution in [2.75, 3.05) is 47.4 Å². The molecule has 4 amide bonds. The molecule has 2 aliphatic rings. The van der Waals surface area contributed by atoms with Crippen LogP contribution in [-0.2, 0) is 9.59 Å². The molecule has 9 nitrogen and oxygen atoms in total. The molecule has 0 aromatic heterocycles. The van der Waals surface area contributed by atoms with Gasteiger partial charge in [-0.15, -0.1) is 0 Å². The number of benzene rings is 1. The summed E-state index contributed by atoms with van der Waals surface area (Å²) in [6, 6.07) is 4.32. The summed E-state index contributed by atoms with van der Waals surface area (Å²) in [5.74, 6) is 0.617. The summed E-state index contributed by atoms with van der Waals surface area (Å²) >= 11 is 0. The first-order chi connectivity index (χ1) is 15.4. The Morgan fingerprint density at radius 2 is 1.84 bits per heavy atom. The van der Waals surface area contributed by atoms with Crippen LogP contribution < -0.4 is 14.8 Å².